The van der Waals surface area contributed by atoms with Gasteiger partial charge in [0, 0.05) is 17.2 Å². The number of ketones is 1. The van der Waals surface area contributed by atoms with Crippen LogP contribution in [0.5, 0.6) is 23.0 Å². The van der Waals surface area contributed by atoms with Crippen LogP contribution in [0.2, 0.25) is 5.02 Å². The van der Waals surface area contributed by atoms with Crippen molar-refractivity contribution in [3.63, 3.8) is 0 Å². The van der Waals surface area contributed by atoms with E-state index in [0.29, 0.717) is 34.1 Å². The van der Waals surface area contributed by atoms with Crippen LogP contribution in [0.4, 0.5) is 4.39 Å². The van der Waals surface area contributed by atoms with E-state index in [1.807, 2.05) is 0 Å². The summed E-state index contributed by atoms with van der Waals surface area (Å²) in [5, 5.41) is 0.282. The standard InChI is InChI=1S/C24H18ClFO5/c1-28-20-8-3-5-14(24(20)29-2)11-22-23(27)16-10-9-15(12-21(16)31-22)30-13-17-18(25)6-4-7-19(17)26/h3-12H,13H2,1-2H3/b22-11-. The molecule has 0 fully saturated rings. The lowest BCUT2D eigenvalue weighted by molar-refractivity contribution is 0.101. The first-order chi connectivity index (χ1) is 15.0. The van der Waals surface area contributed by atoms with Gasteiger partial charge in [-0.3, -0.25) is 4.79 Å². The lowest BCUT2D eigenvalue weighted by Gasteiger charge is -2.10. The second kappa shape index (κ2) is 8.70. The first-order valence-corrected chi connectivity index (χ1v) is 9.74. The van der Waals surface area contributed by atoms with Gasteiger partial charge in [0.2, 0.25) is 5.78 Å². The molecule has 0 spiro atoms. The highest BCUT2D eigenvalue weighted by molar-refractivity contribution is 6.31. The Morgan fingerprint density at radius 1 is 1.06 bits per heavy atom. The maximum atomic E-state index is 13.9. The number of hydrogen-bond acceptors (Lipinski definition) is 5. The monoisotopic (exact) mass is 440 g/mol. The molecule has 0 N–H and O–H groups in total. The number of para-hydroxylation sites is 1. The predicted molar refractivity (Wildman–Crippen MR) is 115 cm³/mol. The molecule has 0 atom stereocenters. The van der Waals surface area contributed by atoms with Crippen LogP contribution in [0, 0.1) is 5.82 Å². The lowest BCUT2D eigenvalue weighted by Crippen LogP contribution is -2.00. The van der Waals surface area contributed by atoms with E-state index in [2.05, 4.69) is 0 Å². The molecule has 0 saturated heterocycles. The minimum absolute atomic E-state index is 0.0536. The van der Waals surface area contributed by atoms with Gasteiger partial charge in [-0.2, -0.15) is 0 Å². The number of halogens is 2. The zero-order chi connectivity index (χ0) is 22.0. The van der Waals surface area contributed by atoms with E-state index in [4.69, 9.17) is 30.5 Å². The average Bonchev–Trinajstić information content (AvgIpc) is 3.07. The molecule has 31 heavy (non-hydrogen) atoms. The van der Waals surface area contributed by atoms with E-state index in [9.17, 15) is 9.18 Å². The molecule has 7 heteroatoms. The molecule has 1 aliphatic heterocycles. The Morgan fingerprint density at radius 2 is 1.87 bits per heavy atom. The molecule has 1 heterocycles. The molecule has 0 aromatic heterocycles. The maximum Gasteiger partial charge on any atom is 0.231 e. The first kappa shape index (κ1) is 20.8. The average molecular weight is 441 g/mol. The molecular weight excluding hydrogens is 423 g/mol. The van der Waals surface area contributed by atoms with Crippen molar-refractivity contribution >= 4 is 23.5 Å². The van der Waals surface area contributed by atoms with E-state index >= 15 is 0 Å². The van der Waals surface area contributed by atoms with Crippen LogP contribution in [-0.2, 0) is 6.61 Å². The van der Waals surface area contributed by atoms with E-state index in [1.54, 1.807) is 48.5 Å². The summed E-state index contributed by atoms with van der Waals surface area (Å²) in [6, 6.07) is 14.6. The minimum atomic E-state index is -0.447. The van der Waals surface area contributed by atoms with Crippen LogP contribution in [0.3, 0.4) is 0 Å². The number of methoxy groups -OCH3 is 2. The third-order valence-corrected chi connectivity index (χ3v) is 5.16. The van der Waals surface area contributed by atoms with Crippen molar-refractivity contribution in [3.8, 4) is 23.0 Å². The molecule has 3 aromatic rings. The fourth-order valence-corrected chi connectivity index (χ4v) is 3.47. The van der Waals surface area contributed by atoms with E-state index in [0.717, 1.165) is 0 Å². The van der Waals surface area contributed by atoms with Crippen LogP contribution < -0.4 is 18.9 Å². The fraction of sp³-hybridized carbons (Fsp3) is 0.125. The molecule has 4 rings (SSSR count). The van der Waals surface area contributed by atoms with Gasteiger partial charge in [-0.05, 0) is 36.4 Å². The molecule has 1 aliphatic rings. The number of ether oxygens (including phenoxy) is 4. The van der Waals surface area contributed by atoms with Crippen molar-refractivity contribution in [2.75, 3.05) is 14.2 Å². The van der Waals surface area contributed by atoms with Gasteiger partial charge in [0.25, 0.3) is 0 Å². The second-order valence-corrected chi connectivity index (χ2v) is 7.08. The number of fused-ring (bicyclic) bond motifs is 1. The van der Waals surface area contributed by atoms with Gasteiger partial charge in [0.1, 0.15) is 23.9 Å². The quantitative estimate of drug-likeness (QED) is 0.461. The highest BCUT2D eigenvalue weighted by Gasteiger charge is 2.28. The van der Waals surface area contributed by atoms with Gasteiger partial charge >= 0.3 is 0 Å². The van der Waals surface area contributed by atoms with Crippen molar-refractivity contribution in [1.29, 1.82) is 0 Å². The maximum absolute atomic E-state index is 13.9. The largest absolute Gasteiger partial charge is 0.493 e. The second-order valence-electron chi connectivity index (χ2n) is 6.67. The summed E-state index contributed by atoms with van der Waals surface area (Å²) in [6.07, 6.45) is 1.60. The van der Waals surface area contributed by atoms with Gasteiger partial charge in [-0.15, -0.1) is 0 Å². The van der Waals surface area contributed by atoms with Crippen LogP contribution in [0.15, 0.2) is 60.4 Å². The Balaban J connectivity index is 1.57. The van der Waals surface area contributed by atoms with Gasteiger partial charge < -0.3 is 18.9 Å². The van der Waals surface area contributed by atoms with Crippen molar-refractivity contribution in [1.82, 2.24) is 0 Å². The predicted octanol–water partition coefficient (Wildman–Crippen LogP) is 5.69. The molecular formula is C24H18ClFO5. The summed E-state index contributed by atoms with van der Waals surface area (Å²) < 4.78 is 36.1. The normalized spacial score (nSPS) is 13.7. The summed E-state index contributed by atoms with van der Waals surface area (Å²) in [5.41, 5.74) is 1.31. The van der Waals surface area contributed by atoms with Crippen LogP contribution in [-0.4, -0.2) is 20.0 Å². The van der Waals surface area contributed by atoms with E-state index < -0.39 is 5.82 Å². The summed E-state index contributed by atoms with van der Waals surface area (Å²) in [4.78, 5) is 12.8. The summed E-state index contributed by atoms with van der Waals surface area (Å²) in [5.74, 6) is 1.26. The molecule has 0 saturated carbocycles. The Labute approximate surface area is 183 Å². The fourth-order valence-electron chi connectivity index (χ4n) is 3.25. The lowest BCUT2D eigenvalue weighted by atomic mass is 10.1. The van der Waals surface area contributed by atoms with Gasteiger partial charge in [0.15, 0.2) is 17.3 Å². The zero-order valence-electron chi connectivity index (χ0n) is 16.8. The molecule has 158 valence electrons. The Bertz CT molecular complexity index is 1170. The number of rotatable bonds is 6. The summed E-state index contributed by atoms with van der Waals surface area (Å²) >= 11 is 6.04. The number of carbonyl (C=O) groups excluding carboxylic acids is 1. The molecule has 0 unspecified atom stereocenters. The van der Waals surface area contributed by atoms with Crippen LogP contribution in [0.1, 0.15) is 21.5 Å². The smallest absolute Gasteiger partial charge is 0.231 e. The molecule has 0 amide bonds. The number of hydrogen-bond donors (Lipinski definition) is 0. The number of Topliss-reactive ketones (excluding diaryl/α,β-unsaturated/α-hetero) is 1. The van der Waals surface area contributed by atoms with Crippen LogP contribution >= 0.6 is 11.6 Å². The van der Waals surface area contributed by atoms with Crippen molar-refractivity contribution < 1.29 is 28.1 Å². The van der Waals surface area contributed by atoms with Crippen molar-refractivity contribution in [2.24, 2.45) is 0 Å². The summed E-state index contributed by atoms with van der Waals surface area (Å²) in [6.45, 7) is -0.0536. The number of carbonyl (C=O) groups is 1. The van der Waals surface area contributed by atoms with Gasteiger partial charge in [-0.25, -0.2) is 4.39 Å². The molecule has 3 aromatic carbocycles. The highest BCUT2D eigenvalue weighted by atomic mass is 35.5. The zero-order valence-corrected chi connectivity index (χ0v) is 17.5. The summed E-state index contributed by atoms with van der Waals surface area (Å²) in [7, 11) is 3.06. The third-order valence-electron chi connectivity index (χ3n) is 4.81. The Morgan fingerprint density at radius 3 is 2.61 bits per heavy atom. The molecule has 5 nitrogen and oxygen atoms in total. The minimum Gasteiger partial charge on any atom is -0.493 e. The van der Waals surface area contributed by atoms with E-state index in [1.165, 1.54) is 26.4 Å². The molecule has 0 aliphatic carbocycles. The van der Waals surface area contributed by atoms with Gasteiger partial charge in [0.05, 0.1) is 24.8 Å². The van der Waals surface area contributed by atoms with Crippen LogP contribution in [0.25, 0.3) is 6.08 Å². The Kier molecular flexibility index (Phi) is 5.82. The van der Waals surface area contributed by atoms with E-state index in [-0.39, 0.29) is 28.7 Å². The molecule has 0 bridgehead atoms. The highest BCUT2D eigenvalue weighted by Crippen LogP contribution is 2.38. The Hall–Kier alpha value is -3.51. The van der Waals surface area contributed by atoms with Crippen molar-refractivity contribution in [3.05, 3.63) is 87.9 Å². The number of allylic oxidation sites excluding steroid dienone is 1. The first-order valence-electron chi connectivity index (χ1n) is 9.36. The van der Waals surface area contributed by atoms with Gasteiger partial charge in [-0.1, -0.05) is 29.8 Å². The SMILES string of the molecule is COc1cccc(/C=C2\Oc3cc(OCc4c(F)cccc4Cl)ccc3C2=O)c1OC. The molecule has 0 radical (unpaired) electrons. The third kappa shape index (κ3) is 4.07. The topological polar surface area (TPSA) is 54.0 Å². The number of benzene rings is 3. The van der Waals surface area contributed by atoms with Crippen molar-refractivity contribution in [2.45, 2.75) is 6.61 Å².